The van der Waals surface area contributed by atoms with E-state index in [0.29, 0.717) is 17.8 Å². The number of hydrogen-bond acceptors (Lipinski definition) is 13. The van der Waals surface area contributed by atoms with Gasteiger partial charge in [0.25, 0.3) is 0 Å². The molecule has 1 aliphatic heterocycles. The zero-order chi connectivity index (χ0) is 39.7. The van der Waals surface area contributed by atoms with Gasteiger partial charge in [-0.25, -0.2) is 18.5 Å². The predicted octanol–water partition coefficient (Wildman–Crippen LogP) is 5.99. The summed E-state index contributed by atoms with van der Waals surface area (Å²) in [5.41, 5.74) is 5.21. The summed E-state index contributed by atoms with van der Waals surface area (Å²) in [5.74, 6) is -0.439. The molecule has 17 heteroatoms. The van der Waals surface area contributed by atoms with E-state index in [2.05, 4.69) is 22.0 Å². The number of nitrogens with zero attached hydrogens (tertiary/aromatic N) is 5. The van der Waals surface area contributed by atoms with Gasteiger partial charge in [-0.3, -0.25) is 14.0 Å². The molecule has 6 atom stereocenters. The predicted molar refractivity (Wildman–Crippen MR) is 204 cm³/mol. The van der Waals surface area contributed by atoms with Crippen molar-refractivity contribution < 1.29 is 47.3 Å². The third-order valence-electron chi connectivity index (χ3n) is 9.61. The van der Waals surface area contributed by atoms with Crippen molar-refractivity contribution in [2.75, 3.05) is 39.2 Å². The van der Waals surface area contributed by atoms with Gasteiger partial charge in [0, 0.05) is 25.4 Å². The van der Waals surface area contributed by atoms with Crippen LogP contribution in [0.3, 0.4) is 0 Å². The van der Waals surface area contributed by atoms with Crippen LogP contribution in [0.15, 0.2) is 41.7 Å². The van der Waals surface area contributed by atoms with Gasteiger partial charge in [-0.2, -0.15) is 10.4 Å². The molecule has 0 aliphatic carbocycles. The first-order valence-corrected chi connectivity index (χ1v) is 20.6. The number of ether oxygens (including phenoxy) is 3. The van der Waals surface area contributed by atoms with Gasteiger partial charge in [-0.05, 0) is 30.7 Å². The summed E-state index contributed by atoms with van der Waals surface area (Å²) in [4.78, 5) is 18.6. The van der Waals surface area contributed by atoms with E-state index in [0.717, 1.165) is 25.3 Å². The second-order valence-electron chi connectivity index (χ2n) is 13.9. The average Bonchev–Trinajstić information content (AvgIpc) is 3.71. The monoisotopic (exact) mass is 790 g/mol. The molecule has 1 unspecified atom stereocenters. The Labute approximate surface area is 322 Å². The van der Waals surface area contributed by atoms with E-state index in [4.69, 9.17) is 34.3 Å². The van der Waals surface area contributed by atoms with Gasteiger partial charge in [-0.15, -0.1) is 0 Å². The first-order valence-electron chi connectivity index (χ1n) is 19.1. The van der Waals surface area contributed by atoms with Crippen molar-refractivity contribution in [2.45, 2.75) is 121 Å². The first kappa shape index (κ1) is 44.4. The highest BCUT2D eigenvalue weighted by atomic mass is 31.2. The lowest BCUT2D eigenvalue weighted by Gasteiger charge is -2.28. The van der Waals surface area contributed by atoms with Crippen LogP contribution in [-0.2, 0) is 34.4 Å². The topological polar surface area (TPSA) is 216 Å². The molecule has 1 aromatic carbocycles. The van der Waals surface area contributed by atoms with E-state index >= 15 is 0 Å². The van der Waals surface area contributed by atoms with Gasteiger partial charge < -0.3 is 35.1 Å². The summed E-state index contributed by atoms with van der Waals surface area (Å²) >= 11 is 0. The highest BCUT2D eigenvalue weighted by molar-refractivity contribution is 7.47. The fourth-order valence-corrected chi connectivity index (χ4v) is 7.27. The molecule has 0 spiro atoms. The number of aliphatic imine (C=N–C) groups is 1. The Morgan fingerprint density at radius 1 is 1.07 bits per heavy atom. The minimum Gasteiger partial charge on any atom is -0.387 e. The van der Waals surface area contributed by atoms with Crippen LogP contribution in [0, 0.1) is 17.1 Å². The lowest BCUT2D eigenvalue weighted by Crippen LogP contribution is -2.48. The second kappa shape index (κ2) is 22.4. The number of benzene rings is 1. The van der Waals surface area contributed by atoms with Crippen LogP contribution in [0.5, 0.6) is 0 Å². The lowest BCUT2D eigenvalue weighted by molar-refractivity contribution is -0.0704. The molecule has 55 heavy (non-hydrogen) atoms. The minimum absolute atomic E-state index is 0.0165. The van der Waals surface area contributed by atoms with Crippen LogP contribution in [0.4, 0.5) is 10.2 Å². The smallest absolute Gasteiger partial charge is 0.387 e. The largest absolute Gasteiger partial charge is 0.472 e. The van der Waals surface area contributed by atoms with E-state index in [-0.39, 0.29) is 30.2 Å². The molecule has 15 nitrogen and oxygen atoms in total. The fourth-order valence-electron chi connectivity index (χ4n) is 6.48. The molecular formula is C38H56FN6O9P. The zero-order valence-electron chi connectivity index (χ0n) is 31.8. The Morgan fingerprint density at radius 2 is 1.76 bits per heavy atom. The normalized spacial score (nSPS) is 21.7. The molecule has 1 saturated heterocycles. The number of halogens is 1. The summed E-state index contributed by atoms with van der Waals surface area (Å²) in [6.07, 6.45) is 11.6. The van der Waals surface area contributed by atoms with Crippen LogP contribution < -0.4 is 5.73 Å². The Bertz CT molecular complexity index is 1740. The minimum atomic E-state index is -4.85. The molecule has 0 saturated carbocycles. The number of aliphatic hydroxyl groups is 2. The molecule has 3 heterocycles. The molecule has 1 fully saturated rings. The Kier molecular flexibility index (Phi) is 18.1. The summed E-state index contributed by atoms with van der Waals surface area (Å²) in [5, 5.41) is 35.4. The number of aliphatic hydroxyl groups excluding tert-OH is 2. The molecule has 0 amide bonds. The molecule has 1 aliphatic rings. The zero-order valence-corrected chi connectivity index (χ0v) is 32.7. The van der Waals surface area contributed by atoms with Gasteiger partial charge in [0.15, 0.2) is 11.4 Å². The number of hydrogen-bond donors (Lipinski definition) is 4. The van der Waals surface area contributed by atoms with Crippen LogP contribution >= 0.6 is 7.82 Å². The maximum atomic E-state index is 14.6. The average molecular weight is 791 g/mol. The number of nitrogen functional groups attached to an aromatic ring is 1. The molecule has 5 N–H and O–H groups in total. The second-order valence-corrected chi connectivity index (χ2v) is 15.3. The maximum Gasteiger partial charge on any atom is 0.472 e. The van der Waals surface area contributed by atoms with E-state index < -0.39 is 56.9 Å². The fraction of sp³-hybridized carbons (Fsp3) is 0.632. The number of rotatable bonds is 26. The summed E-state index contributed by atoms with van der Waals surface area (Å²) in [6.45, 7) is 1.23. The van der Waals surface area contributed by atoms with Crippen LogP contribution in [0.2, 0.25) is 0 Å². The Morgan fingerprint density at radius 3 is 2.42 bits per heavy atom. The number of fused-ring (bicyclic) bond motifs is 1. The Hall–Kier alpha value is -3.36. The molecular weight excluding hydrogens is 734 g/mol. The van der Waals surface area contributed by atoms with Crippen molar-refractivity contribution in [3.63, 3.8) is 0 Å². The Balaban J connectivity index is 1.29. The maximum absolute atomic E-state index is 14.6. The van der Waals surface area contributed by atoms with Gasteiger partial charge in [0.2, 0.25) is 0 Å². The lowest BCUT2D eigenvalue weighted by atomic mass is 9.96. The van der Waals surface area contributed by atoms with Crippen molar-refractivity contribution in [1.82, 2.24) is 14.6 Å². The van der Waals surface area contributed by atoms with Crippen molar-refractivity contribution in [3.8, 4) is 6.07 Å². The number of unbranched alkanes of at least 4 members (excludes halogenated alkanes) is 11. The summed E-state index contributed by atoms with van der Waals surface area (Å²) < 4.78 is 57.6. The van der Waals surface area contributed by atoms with Crippen molar-refractivity contribution in [2.24, 2.45) is 4.99 Å². The number of aromatic nitrogens is 3. The van der Waals surface area contributed by atoms with Crippen molar-refractivity contribution in [1.29, 1.82) is 5.26 Å². The SMILES string of the molecule is CCCCCCCCCCCCCCOC[C@H](COP(=O)(O)OC[C@@]1(C=NC)O[C@@H](c2ccc3c(N)ncnn23)[C@H](O)[C@@H]1O)OCc1ccc(C#N)cc1F. The van der Waals surface area contributed by atoms with Crippen LogP contribution in [-0.4, -0.2) is 93.3 Å². The van der Waals surface area contributed by atoms with Gasteiger partial charge >= 0.3 is 7.82 Å². The van der Waals surface area contributed by atoms with E-state index in [1.54, 1.807) is 12.1 Å². The molecule has 3 aromatic rings. The van der Waals surface area contributed by atoms with E-state index in [1.165, 1.54) is 94.0 Å². The number of nitrogens with two attached hydrogens (primary N) is 1. The van der Waals surface area contributed by atoms with Crippen LogP contribution in [0.25, 0.3) is 5.52 Å². The third kappa shape index (κ3) is 13.1. The molecule has 304 valence electrons. The van der Waals surface area contributed by atoms with E-state index in [9.17, 15) is 24.1 Å². The van der Waals surface area contributed by atoms with Gasteiger partial charge in [0.05, 0.1) is 43.8 Å². The number of phosphoric ester groups is 1. The van der Waals surface area contributed by atoms with Crippen molar-refractivity contribution in [3.05, 3.63) is 59.3 Å². The van der Waals surface area contributed by atoms with E-state index in [1.807, 2.05) is 6.07 Å². The van der Waals surface area contributed by atoms with Crippen molar-refractivity contribution >= 4 is 25.4 Å². The molecule has 0 radical (unpaired) electrons. The number of nitriles is 1. The highest BCUT2D eigenvalue weighted by Crippen LogP contribution is 2.47. The summed E-state index contributed by atoms with van der Waals surface area (Å²) in [7, 11) is -3.44. The highest BCUT2D eigenvalue weighted by Gasteiger charge is 2.55. The first-order chi connectivity index (χ1) is 26.5. The quantitative estimate of drug-likeness (QED) is 0.0418. The molecule has 2 aromatic heterocycles. The van der Waals surface area contributed by atoms with Gasteiger partial charge in [-0.1, -0.05) is 83.6 Å². The third-order valence-corrected chi connectivity index (χ3v) is 10.5. The molecule has 4 rings (SSSR count). The summed E-state index contributed by atoms with van der Waals surface area (Å²) in [6, 6.07) is 9.11. The van der Waals surface area contributed by atoms with Gasteiger partial charge in [0.1, 0.15) is 42.1 Å². The van der Waals surface area contributed by atoms with Crippen LogP contribution in [0.1, 0.15) is 107 Å². The number of anilines is 1. The molecule has 0 bridgehead atoms. The number of phosphoric acid groups is 1. The standard InChI is InChI=1S/C38H56FN6O9P/c1-3-4-5-6-7-8-9-10-11-12-13-14-19-50-23-30(51-22-29-16-15-28(21-40)20-31(29)39)24-52-55(48,49)53-26-38(25-42-2)36(47)34(46)35(54-38)32-17-18-33-37(41)43-27-44-45(32)33/h15-18,20,25,27,30,34-36,46-47H,3-14,19,22-24,26H2,1-2H3,(H,48,49)(H2,41,43,44)/t30-,34+,35+,36+,38-/m1/s1.